The maximum Gasteiger partial charge on any atom is 0.312 e. The highest BCUT2D eigenvalue weighted by Gasteiger charge is 2.16. The van der Waals surface area contributed by atoms with Crippen LogP contribution in [0.3, 0.4) is 0 Å². The van der Waals surface area contributed by atoms with Crippen molar-refractivity contribution in [2.24, 2.45) is 5.41 Å². The van der Waals surface area contributed by atoms with Gasteiger partial charge in [0.15, 0.2) is 0 Å². The number of hydrogen-bond acceptors (Lipinski definition) is 6. The van der Waals surface area contributed by atoms with Crippen molar-refractivity contribution in [1.29, 1.82) is 0 Å². The molecule has 35 heavy (non-hydrogen) atoms. The van der Waals surface area contributed by atoms with E-state index in [4.69, 9.17) is 13.9 Å². The molecular formula is C28H45N3O3Si. The first kappa shape index (κ1) is 29.2. The van der Waals surface area contributed by atoms with E-state index >= 15 is 0 Å². The van der Waals surface area contributed by atoms with Crippen molar-refractivity contribution in [2.45, 2.75) is 97.9 Å². The Hall–Kier alpha value is -1.99. The van der Waals surface area contributed by atoms with Crippen LogP contribution in [0.1, 0.15) is 91.9 Å². The van der Waals surface area contributed by atoms with Gasteiger partial charge in [0.1, 0.15) is 0 Å². The van der Waals surface area contributed by atoms with Crippen molar-refractivity contribution in [2.75, 3.05) is 19.8 Å². The van der Waals surface area contributed by atoms with Crippen molar-refractivity contribution in [3.63, 3.8) is 0 Å². The highest BCUT2D eigenvalue weighted by Crippen LogP contribution is 2.30. The molecule has 2 radical (unpaired) electrons. The van der Waals surface area contributed by atoms with E-state index in [2.05, 4.69) is 42.6 Å². The second-order valence-electron chi connectivity index (χ2n) is 9.84. The first-order valence-corrected chi connectivity index (χ1v) is 14.5. The van der Waals surface area contributed by atoms with Gasteiger partial charge >= 0.3 is 9.76 Å². The second-order valence-corrected chi connectivity index (χ2v) is 10.8. The van der Waals surface area contributed by atoms with Crippen molar-refractivity contribution >= 4 is 9.76 Å². The number of pyridine rings is 1. The summed E-state index contributed by atoms with van der Waals surface area (Å²) in [5.41, 5.74) is 2.06. The van der Waals surface area contributed by atoms with Gasteiger partial charge in [0.2, 0.25) is 11.8 Å². The first-order valence-electron chi connectivity index (χ1n) is 13.4. The van der Waals surface area contributed by atoms with Crippen LogP contribution in [-0.2, 0) is 4.74 Å². The topological polar surface area (TPSA) is 66.4 Å². The summed E-state index contributed by atoms with van der Waals surface area (Å²) >= 11 is 0. The summed E-state index contributed by atoms with van der Waals surface area (Å²) < 4.78 is 17.4. The zero-order chi connectivity index (χ0) is 25.2. The molecule has 0 saturated heterocycles. The van der Waals surface area contributed by atoms with Gasteiger partial charge in [0.05, 0.1) is 30.3 Å². The Bertz CT molecular complexity index is 802. The monoisotopic (exact) mass is 499 g/mol. The molecule has 2 aromatic rings. The zero-order valence-corrected chi connectivity index (χ0v) is 23.4. The average molecular weight is 500 g/mol. The molecule has 0 amide bonds. The number of hydrogen-bond donors (Lipinski definition) is 0. The van der Waals surface area contributed by atoms with Crippen molar-refractivity contribution in [3.05, 3.63) is 30.7 Å². The highest BCUT2D eigenvalue weighted by atomic mass is 28.2. The van der Waals surface area contributed by atoms with Crippen molar-refractivity contribution in [3.8, 4) is 23.0 Å². The van der Waals surface area contributed by atoms with E-state index in [0.29, 0.717) is 33.5 Å². The summed E-state index contributed by atoms with van der Waals surface area (Å²) in [6, 6.07) is 4.94. The third kappa shape index (κ3) is 12.5. The van der Waals surface area contributed by atoms with E-state index in [0.717, 1.165) is 49.8 Å². The van der Waals surface area contributed by atoms with Crippen LogP contribution in [0.25, 0.3) is 11.3 Å². The molecule has 2 rings (SSSR count). The molecule has 0 atom stereocenters. The molecule has 0 aliphatic rings. The Morgan fingerprint density at radius 1 is 0.829 bits per heavy atom. The van der Waals surface area contributed by atoms with E-state index in [1.807, 2.05) is 12.1 Å². The Labute approximate surface area is 215 Å². The van der Waals surface area contributed by atoms with Crippen LogP contribution in [0.4, 0.5) is 0 Å². The molecule has 0 aromatic carbocycles. The minimum Gasteiger partial charge on any atom is -0.528 e. The molecule has 0 bridgehead atoms. The molecule has 0 aliphatic heterocycles. The van der Waals surface area contributed by atoms with Gasteiger partial charge in [-0.3, -0.25) is 0 Å². The van der Waals surface area contributed by atoms with Gasteiger partial charge in [0.25, 0.3) is 0 Å². The highest BCUT2D eigenvalue weighted by molar-refractivity contribution is 6.28. The molecule has 0 saturated carbocycles. The predicted molar refractivity (Wildman–Crippen MR) is 144 cm³/mol. The minimum atomic E-state index is 0.396. The van der Waals surface area contributed by atoms with Gasteiger partial charge in [-0.25, -0.2) is 15.0 Å². The quantitative estimate of drug-likeness (QED) is 0.140. The Morgan fingerprint density at radius 3 is 2.37 bits per heavy atom. The lowest BCUT2D eigenvalue weighted by Gasteiger charge is -2.24. The van der Waals surface area contributed by atoms with Crippen molar-refractivity contribution in [1.82, 2.24) is 15.0 Å². The summed E-state index contributed by atoms with van der Waals surface area (Å²) in [6.07, 6.45) is 17.0. The first-order chi connectivity index (χ1) is 17.1. The van der Waals surface area contributed by atoms with Gasteiger partial charge in [-0.1, -0.05) is 59.8 Å². The largest absolute Gasteiger partial charge is 0.528 e. The number of nitrogens with zero attached hydrogens (tertiary/aromatic N) is 3. The smallest absolute Gasteiger partial charge is 0.312 e. The lowest BCUT2D eigenvalue weighted by Crippen LogP contribution is -2.11. The summed E-state index contributed by atoms with van der Waals surface area (Å²) in [4.78, 5) is 13.4. The van der Waals surface area contributed by atoms with Crippen LogP contribution < -0.4 is 9.16 Å². The molecule has 0 unspecified atom stereocenters. The standard InChI is InChI=1S/C28H45N3O3Si/c1-5-7-15-28(3,4)16-9-12-21-35-34-27-24(14-13-17-29-27)25-22-31-26(23-30-25)33-20-11-10-19-32-18-8-6-2/h13-14,17,22-23H,5-12,15-16,18-21H2,1-4H3. The maximum absolute atomic E-state index is 6.05. The summed E-state index contributed by atoms with van der Waals surface area (Å²) in [6.45, 7) is 11.5. The van der Waals surface area contributed by atoms with E-state index in [1.54, 1.807) is 18.6 Å². The Morgan fingerprint density at radius 2 is 1.60 bits per heavy atom. The fraction of sp³-hybridized carbons (Fsp3) is 0.679. The number of aromatic nitrogens is 3. The lowest BCUT2D eigenvalue weighted by atomic mass is 9.82. The molecule has 0 aliphatic carbocycles. The lowest BCUT2D eigenvalue weighted by molar-refractivity contribution is 0.123. The van der Waals surface area contributed by atoms with Crippen LogP contribution in [0.5, 0.6) is 11.8 Å². The summed E-state index contributed by atoms with van der Waals surface area (Å²) in [7, 11) is 0.396. The minimum absolute atomic E-state index is 0.396. The Balaban J connectivity index is 1.71. The molecule has 0 fully saturated rings. The molecule has 194 valence electrons. The van der Waals surface area contributed by atoms with Crippen LogP contribution in [-0.4, -0.2) is 44.5 Å². The molecule has 6 nitrogen and oxygen atoms in total. The van der Waals surface area contributed by atoms with E-state index in [9.17, 15) is 0 Å². The number of rotatable bonds is 20. The van der Waals surface area contributed by atoms with Gasteiger partial charge in [-0.05, 0) is 55.7 Å². The van der Waals surface area contributed by atoms with Gasteiger partial charge in [-0.2, -0.15) is 0 Å². The van der Waals surface area contributed by atoms with E-state index in [-0.39, 0.29) is 0 Å². The molecule has 2 heterocycles. The normalized spacial score (nSPS) is 11.5. The Kier molecular flexibility index (Phi) is 14.6. The predicted octanol–water partition coefficient (Wildman–Crippen LogP) is 7.32. The number of unbranched alkanes of at least 4 members (excludes halogenated alkanes) is 4. The van der Waals surface area contributed by atoms with Gasteiger partial charge in [0, 0.05) is 19.4 Å². The molecule has 0 spiro atoms. The van der Waals surface area contributed by atoms with Crippen molar-refractivity contribution < 1.29 is 13.9 Å². The maximum atomic E-state index is 6.05. The van der Waals surface area contributed by atoms with Gasteiger partial charge in [-0.15, -0.1) is 0 Å². The fourth-order valence-electron chi connectivity index (χ4n) is 3.73. The molecule has 7 heteroatoms. The molecule has 2 aromatic heterocycles. The van der Waals surface area contributed by atoms with Crippen LogP contribution in [0.2, 0.25) is 6.04 Å². The average Bonchev–Trinajstić information content (AvgIpc) is 2.87. The SMILES string of the molecule is CCCCOCCCCOc1cnc(-c2cccnc2O[Si]CCCCC(C)(C)CCCC)cn1. The molecular weight excluding hydrogens is 454 g/mol. The summed E-state index contributed by atoms with van der Waals surface area (Å²) in [5, 5.41) is 0. The molecule has 0 N–H and O–H groups in total. The van der Waals surface area contributed by atoms with E-state index in [1.165, 1.54) is 44.9 Å². The third-order valence-corrected chi connectivity index (χ3v) is 6.90. The van der Waals surface area contributed by atoms with Crippen LogP contribution in [0, 0.1) is 5.41 Å². The second kappa shape index (κ2) is 17.4. The third-order valence-electron chi connectivity index (χ3n) is 6.01. The van der Waals surface area contributed by atoms with Crippen LogP contribution in [0.15, 0.2) is 30.7 Å². The summed E-state index contributed by atoms with van der Waals surface area (Å²) in [5.74, 6) is 1.16. The fourth-order valence-corrected chi connectivity index (χ4v) is 4.52. The number of ether oxygens (including phenoxy) is 2. The van der Waals surface area contributed by atoms with Crippen LogP contribution >= 0.6 is 0 Å². The van der Waals surface area contributed by atoms with E-state index < -0.39 is 0 Å². The van der Waals surface area contributed by atoms with Gasteiger partial charge < -0.3 is 13.9 Å². The zero-order valence-electron chi connectivity index (χ0n) is 22.4.